The van der Waals surface area contributed by atoms with Crippen LogP contribution in [-0.2, 0) is 18.3 Å². The maximum atomic E-state index is 11.9. The fourth-order valence-corrected chi connectivity index (χ4v) is 5.35. The highest BCUT2D eigenvalue weighted by Gasteiger charge is 2.42. The molecule has 0 spiro atoms. The Hall–Kier alpha value is -1.85. The molecule has 5 heteroatoms. The number of aromatic nitrogens is 1. The van der Waals surface area contributed by atoms with E-state index in [0.717, 1.165) is 25.8 Å². The van der Waals surface area contributed by atoms with E-state index in [9.17, 15) is 9.90 Å². The van der Waals surface area contributed by atoms with Crippen LogP contribution in [0.4, 0.5) is 0 Å². The van der Waals surface area contributed by atoms with Gasteiger partial charge in [-0.3, -0.25) is 4.79 Å². The number of nitrogens with two attached hydrogens (primary N) is 1. The molecule has 1 fully saturated rings. The Bertz CT molecular complexity index is 853. The van der Waals surface area contributed by atoms with Crippen LogP contribution in [0.25, 0.3) is 10.9 Å². The summed E-state index contributed by atoms with van der Waals surface area (Å²) in [6.45, 7) is 3.02. The van der Waals surface area contributed by atoms with Crippen LogP contribution in [-0.4, -0.2) is 46.7 Å². The van der Waals surface area contributed by atoms with Crippen LogP contribution in [0.3, 0.4) is 0 Å². The van der Waals surface area contributed by atoms with Crippen LogP contribution in [0.1, 0.15) is 48.3 Å². The minimum Gasteiger partial charge on any atom is -0.396 e. The van der Waals surface area contributed by atoms with Gasteiger partial charge < -0.3 is 20.3 Å². The standard InChI is InChI=1S/C21H29N3O2/c1-4-12(11-25)15-5-6-17-19-13(9-23(17)2)8-18-16(20(15)19)7-14(21(22)26)10-24(18)3/h5-6,9,12,14,16,18,25H,4,7-8,10-11H2,1-3H3,(H2,22,26)/t12-,14?,16?,18?/m1/s1. The third-order valence-corrected chi connectivity index (χ3v) is 6.74. The zero-order valence-corrected chi connectivity index (χ0v) is 15.9. The van der Waals surface area contributed by atoms with Crippen LogP contribution >= 0.6 is 0 Å². The lowest BCUT2D eigenvalue weighted by atomic mass is 9.69. The number of rotatable bonds is 4. The molecule has 1 aliphatic heterocycles. The van der Waals surface area contributed by atoms with Gasteiger partial charge in [-0.15, -0.1) is 0 Å². The molecule has 5 nitrogen and oxygen atoms in total. The van der Waals surface area contributed by atoms with Gasteiger partial charge in [-0.25, -0.2) is 0 Å². The summed E-state index contributed by atoms with van der Waals surface area (Å²) in [5.41, 5.74) is 10.9. The minimum absolute atomic E-state index is 0.108. The van der Waals surface area contributed by atoms with Gasteiger partial charge in [0, 0.05) is 55.2 Å². The molecule has 1 aliphatic carbocycles. The number of fused-ring (bicyclic) bond motifs is 2. The van der Waals surface area contributed by atoms with Crippen molar-refractivity contribution in [3.63, 3.8) is 0 Å². The van der Waals surface area contributed by atoms with Crippen LogP contribution < -0.4 is 5.73 Å². The Balaban J connectivity index is 1.94. The van der Waals surface area contributed by atoms with Gasteiger partial charge >= 0.3 is 0 Å². The molecule has 3 unspecified atom stereocenters. The van der Waals surface area contributed by atoms with Crippen LogP contribution in [0.5, 0.6) is 0 Å². The second kappa shape index (κ2) is 6.39. The summed E-state index contributed by atoms with van der Waals surface area (Å²) in [5, 5.41) is 11.3. The van der Waals surface area contributed by atoms with Crippen LogP contribution in [0, 0.1) is 5.92 Å². The smallest absolute Gasteiger partial charge is 0.221 e. The van der Waals surface area contributed by atoms with Crippen molar-refractivity contribution in [2.24, 2.45) is 18.7 Å². The molecule has 140 valence electrons. The molecule has 3 N–H and O–H groups in total. The second-order valence-corrected chi connectivity index (χ2v) is 8.17. The van der Waals surface area contributed by atoms with Gasteiger partial charge in [0.2, 0.25) is 5.91 Å². The van der Waals surface area contributed by atoms with E-state index < -0.39 is 0 Å². The number of likely N-dealkylation sites (N-methyl/N-ethyl adjacent to an activating group) is 1. The largest absolute Gasteiger partial charge is 0.396 e. The van der Waals surface area contributed by atoms with Crippen molar-refractivity contribution in [2.75, 3.05) is 20.2 Å². The number of benzene rings is 1. The molecule has 0 saturated carbocycles. The lowest BCUT2D eigenvalue weighted by Crippen LogP contribution is -2.50. The number of hydrogen-bond acceptors (Lipinski definition) is 3. The maximum Gasteiger partial charge on any atom is 0.221 e. The van der Waals surface area contributed by atoms with Crippen LogP contribution in [0.15, 0.2) is 18.3 Å². The maximum absolute atomic E-state index is 11.9. The van der Waals surface area contributed by atoms with Gasteiger partial charge in [0.15, 0.2) is 0 Å². The first-order valence-electron chi connectivity index (χ1n) is 9.67. The molecule has 1 amide bonds. The third-order valence-electron chi connectivity index (χ3n) is 6.74. The van der Waals surface area contributed by atoms with E-state index in [1.54, 1.807) is 0 Å². The van der Waals surface area contributed by atoms with E-state index in [-0.39, 0.29) is 24.3 Å². The summed E-state index contributed by atoms with van der Waals surface area (Å²) < 4.78 is 2.21. The highest BCUT2D eigenvalue weighted by Crippen LogP contribution is 2.47. The van der Waals surface area contributed by atoms with Crippen molar-refractivity contribution in [2.45, 2.75) is 44.1 Å². The van der Waals surface area contributed by atoms with Gasteiger partial charge in [0.05, 0.1) is 5.92 Å². The Morgan fingerprint density at radius 3 is 2.81 bits per heavy atom. The van der Waals surface area contributed by atoms with Gasteiger partial charge in [-0.2, -0.15) is 0 Å². The highest BCUT2D eigenvalue weighted by molar-refractivity contribution is 5.90. The number of aliphatic hydroxyl groups excluding tert-OH is 1. The summed E-state index contributed by atoms with van der Waals surface area (Å²) in [5.74, 6) is 0.127. The van der Waals surface area contributed by atoms with E-state index in [4.69, 9.17) is 5.73 Å². The van der Waals surface area contributed by atoms with E-state index in [1.807, 2.05) is 0 Å². The zero-order valence-electron chi connectivity index (χ0n) is 15.9. The monoisotopic (exact) mass is 355 g/mol. The first-order valence-corrected chi connectivity index (χ1v) is 9.67. The molecule has 0 radical (unpaired) electrons. The summed E-state index contributed by atoms with van der Waals surface area (Å²) in [7, 11) is 4.22. The molecule has 2 heterocycles. The quantitative estimate of drug-likeness (QED) is 0.882. The number of aryl methyl sites for hydroxylation is 1. The van der Waals surface area contributed by atoms with Crippen molar-refractivity contribution < 1.29 is 9.90 Å². The first kappa shape index (κ1) is 17.6. The first-order chi connectivity index (χ1) is 12.5. The lowest BCUT2D eigenvalue weighted by molar-refractivity contribution is -0.124. The topological polar surface area (TPSA) is 71.5 Å². The molecule has 2 aromatic rings. The normalized spacial score (nSPS) is 26.7. The average Bonchev–Trinajstić information content (AvgIpc) is 2.94. The average molecular weight is 355 g/mol. The summed E-state index contributed by atoms with van der Waals surface area (Å²) in [6, 6.07) is 4.78. The molecule has 26 heavy (non-hydrogen) atoms. The van der Waals surface area contributed by atoms with Crippen molar-refractivity contribution in [1.82, 2.24) is 9.47 Å². The van der Waals surface area contributed by atoms with Gasteiger partial charge in [0.1, 0.15) is 0 Å². The molecule has 0 bridgehead atoms. The minimum atomic E-state index is -0.197. The molecular formula is C21H29N3O2. The highest BCUT2D eigenvalue weighted by atomic mass is 16.3. The molecule has 1 aromatic carbocycles. The number of carbonyl (C=O) groups excluding carboxylic acids is 1. The second-order valence-electron chi connectivity index (χ2n) is 8.17. The third kappa shape index (κ3) is 2.48. The van der Waals surface area contributed by atoms with E-state index in [0.29, 0.717) is 12.0 Å². The van der Waals surface area contributed by atoms with Crippen LogP contribution in [0.2, 0.25) is 0 Å². The van der Waals surface area contributed by atoms with Gasteiger partial charge in [0.25, 0.3) is 0 Å². The number of nitrogens with zero attached hydrogens (tertiary/aromatic N) is 2. The zero-order chi connectivity index (χ0) is 18.6. The predicted octanol–water partition coefficient (Wildman–Crippen LogP) is 2.11. The molecule has 2 aliphatic rings. The number of hydrogen-bond donors (Lipinski definition) is 2. The number of primary amides is 1. The van der Waals surface area contributed by atoms with Crippen molar-refractivity contribution >= 4 is 16.8 Å². The number of carbonyl (C=O) groups is 1. The Morgan fingerprint density at radius 2 is 2.15 bits per heavy atom. The fourth-order valence-electron chi connectivity index (χ4n) is 5.35. The number of aliphatic hydroxyl groups is 1. The summed E-state index contributed by atoms with van der Waals surface area (Å²) in [4.78, 5) is 14.3. The summed E-state index contributed by atoms with van der Waals surface area (Å²) in [6.07, 6.45) is 4.98. The van der Waals surface area contributed by atoms with Gasteiger partial charge in [-0.05, 0) is 49.1 Å². The van der Waals surface area contributed by atoms with E-state index in [1.165, 1.54) is 27.6 Å². The van der Waals surface area contributed by atoms with Crippen molar-refractivity contribution in [3.05, 3.63) is 35.0 Å². The number of amides is 1. The molecule has 1 saturated heterocycles. The Morgan fingerprint density at radius 1 is 1.38 bits per heavy atom. The fraction of sp³-hybridized carbons (Fsp3) is 0.571. The lowest BCUT2D eigenvalue weighted by Gasteiger charge is -2.45. The summed E-state index contributed by atoms with van der Waals surface area (Å²) >= 11 is 0. The number of likely N-dealkylation sites (tertiary alicyclic amines) is 1. The Labute approximate surface area is 154 Å². The molecule has 1 aromatic heterocycles. The molecule has 4 rings (SSSR count). The molecule has 4 atom stereocenters. The Kier molecular flexibility index (Phi) is 4.32. The number of piperidine rings is 1. The van der Waals surface area contributed by atoms with E-state index in [2.05, 4.69) is 48.8 Å². The van der Waals surface area contributed by atoms with E-state index >= 15 is 0 Å². The molecular weight excluding hydrogens is 326 g/mol. The van der Waals surface area contributed by atoms with Crippen molar-refractivity contribution in [3.8, 4) is 0 Å². The predicted molar refractivity (Wildman–Crippen MR) is 103 cm³/mol. The SMILES string of the molecule is CC[C@H](CO)c1ccc2c3c(cn2C)CC2C(CC(C(N)=O)CN2C)c13. The van der Waals surface area contributed by atoms with Gasteiger partial charge in [-0.1, -0.05) is 13.0 Å². The van der Waals surface area contributed by atoms with Crippen molar-refractivity contribution in [1.29, 1.82) is 0 Å².